The number of carbonyl (C=O) groups excluding carboxylic acids is 1. The first-order chi connectivity index (χ1) is 12.6. The van der Waals surface area contributed by atoms with Gasteiger partial charge in [0.2, 0.25) is 5.91 Å². The van der Waals surface area contributed by atoms with E-state index < -0.39 is 0 Å². The number of hydrogen-bond donors (Lipinski definition) is 0. The van der Waals surface area contributed by atoms with Gasteiger partial charge in [-0.3, -0.25) is 4.79 Å². The molecule has 0 saturated carbocycles. The molecule has 1 aromatic carbocycles. The fraction of sp³-hybridized carbons (Fsp3) is 0.381. The Bertz CT molecular complexity index is 893. The van der Waals surface area contributed by atoms with Crippen LogP contribution in [0, 0.1) is 5.92 Å². The minimum atomic E-state index is 0.138. The van der Waals surface area contributed by atoms with Crippen molar-refractivity contribution in [1.82, 2.24) is 15.0 Å². The molecule has 4 rings (SSSR count). The Labute approximate surface area is 154 Å². The van der Waals surface area contributed by atoms with Gasteiger partial charge in [0.05, 0.1) is 11.4 Å². The number of carbonyl (C=O) groups is 1. The second kappa shape index (κ2) is 6.56. The van der Waals surface area contributed by atoms with Crippen molar-refractivity contribution in [3.05, 3.63) is 54.3 Å². The summed E-state index contributed by atoms with van der Waals surface area (Å²) in [5, 5.41) is 9.01. The largest absolute Gasteiger partial charge is 0.311 e. The van der Waals surface area contributed by atoms with E-state index in [0.717, 1.165) is 22.6 Å². The normalized spacial score (nSPS) is 21.0. The number of anilines is 1. The Morgan fingerprint density at radius 3 is 2.77 bits per heavy atom. The quantitative estimate of drug-likeness (QED) is 0.821. The number of allylic oxidation sites excluding steroid dienone is 3. The maximum atomic E-state index is 12.7. The number of para-hydroxylation sites is 1. The van der Waals surface area contributed by atoms with Crippen LogP contribution in [0.15, 0.2) is 48.6 Å². The van der Waals surface area contributed by atoms with Gasteiger partial charge in [-0.2, -0.15) is 0 Å². The van der Waals surface area contributed by atoms with E-state index in [0.29, 0.717) is 13.0 Å². The summed E-state index contributed by atoms with van der Waals surface area (Å²) in [7, 11) is 0. The molecule has 0 fully saturated rings. The zero-order valence-electron chi connectivity index (χ0n) is 15.5. The third kappa shape index (κ3) is 2.59. The zero-order valence-corrected chi connectivity index (χ0v) is 15.5. The molecule has 0 spiro atoms. The lowest BCUT2D eigenvalue weighted by Crippen LogP contribution is -2.38. The molecule has 5 heteroatoms. The van der Waals surface area contributed by atoms with Crippen LogP contribution < -0.4 is 4.90 Å². The second-order valence-corrected chi connectivity index (χ2v) is 7.20. The minimum absolute atomic E-state index is 0.138. The number of nitrogens with zero attached hydrogens (tertiary/aromatic N) is 4. The van der Waals surface area contributed by atoms with Crippen molar-refractivity contribution in [3.8, 4) is 11.3 Å². The van der Waals surface area contributed by atoms with Gasteiger partial charge < -0.3 is 4.90 Å². The van der Waals surface area contributed by atoms with Gasteiger partial charge in [0.1, 0.15) is 5.69 Å². The molecule has 2 heterocycles. The molecule has 134 valence electrons. The number of amides is 1. The van der Waals surface area contributed by atoms with Crippen LogP contribution in [0.5, 0.6) is 0 Å². The summed E-state index contributed by atoms with van der Waals surface area (Å²) in [5.41, 5.74) is 3.94. The van der Waals surface area contributed by atoms with Crippen molar-refractivity contribution in [2.45, 2.75) is 39.2 Å². The first-order valence-electron chi connectivity index (χ1n) is 9.31. The minimum Gasteiger partial charge on any atom is -0.311 e. The Morgan fingerprint density at radius 1 is 1.23 bits per heavy atom. The van der Waals surface area contributed by atoms with Crippen molar-refractivity contribution < 1.29 is 4.79 Å². The number of rotatable bonds is 2. The summed E-state index contributed by atoms with van der Waals surface area (Å²) >= 11 is 0. The molecule has 0 saturated heterocycles. The smallest absolute Gasteiger partial charge is 0.226 e. The van der Waals surface area contributed by atoms with Crippen LogP contribution in [0.3, 0.4) is 0 Å². The highest BCUT2D eigenvalue weighted by Crippen LogP contribution is 2.43. The van der Waals surface area contributed by atoms with E-state index in [1.165, 1.54) is 0 Å². The Morgan fingerprint density at radius 2 is 2.00 bits per heavy atom. The van der Waals surface area contributed by atoms with E-state index in [9.17, 15) is 4.79 Å². The Hall–Kier alpha value is -2.69. The standard InChI is InChI=1S/C21H24N4O/c1-4-19(26)24-13-15-9-5-6-10-16(15)21-20(22-23-25(21)14(2)3)17-11-7-8-12-18(17)24/h5-12,14-16H,4,13H2,1-3H3. The van der Waals surface area contributed by atoms with Gasteiger partial charge in [0.15, 0.2) is 0 Å². The van der Waals surface area contributed by atoms with Crippen LogP contribution in [-0.4, -0.2) is 27.4 Å². The van der Waals surface area contributed by atoms with Gasteiger partial charge in [0, 0.05) is 36.4 Å². The van der Waals surface area contributed by atoms with Crippen LogP contribution in [0.4, 0.5) is 5.69 Å². The predicted octanol–water partition coefficient (Wildman–Crippen LogP) is 4.11. The molecule has 1 aliphatic heterocycles. The third-order valence-corrected chi connectivity index (χ3v) is 5.23. The highest BCUT2D eigenvalue weighted by atomic mass is 16.2. The van der Waals surface area contributed by atoms with Gasteiger partial charge in [0.25, 0.3) is 0 Å². The van der Waals surface area contributed by atoms with Crippen molar-refractivity contribution in [3.63, 3.8) is 0 Å². The lowest BCUT2D eigenvalue weighted by molar-refractivity contribution is -0.118. The highest BCUT2D eigenvalue weighted by Gasteiger charge is 2.35. The molecule has 1 aliphatic carbocycles. The van der Waals surface area contributed by atoms with Gasteiger partial charge >= 0.3 is 0 Å². The number of hydrogen-bond acceptors (Lipinski definition) is 3. The van der Waals surface area contributed by atoms with E-state index in [2.05, 4.69) is 48.5 Å². The SMILES string of the molecule is CCC(=O)N1CC2C=CC=CC2c2c(nnn2C(C)C)-c2ccccc21. The molecule has 26 heavy (non-hydrogen) atoms. The maximum Gasteiger partial charge on any atom is 0.226 e. The molecule has 1 amide bonds. The van der Waals surface area contributed by atoms with Crippen molar-refractivity contribution in [2.24, 2.45) is 5.92 Å². The summed E-state index contributed by atoms with van der Waals surface area (Å²) in [5.74, 6) is 0.505. The Balaban J connectivity index is 1.99. The number of aromatic nitrogens is 3. The van der Waals surface area contributed by atoms with Gasteiger partial charge in [-0.25, -0.2) is 4.68 Å². The van der Waals surface area contributed by atoms with E-state index in [4.69, 9.17) is 0 Å². The highest BCUT2D eigenvalue weighted by molar-refractivity contribution is 5.98. The van der Waals surface area contributed by atoms with Crippen LogP contribution in [0.2, 0.25) is 0 Å². The fourth-order valence-electron chi connectivity index (χ4n) is 3.95. The third-order valence-electron chi connectivity index (χ3n) is 5.23. The zero-order chi connectivity index (χ0) is 18.3. The molecule has 0 bridgehead atoms. The van der Waals surface area contributed by atoms with E-state index in [1.54, 1.807) is 0 Å². The maximum absolute atomic E-state index is 12.7. The first kappa shape index (κ1) is 16.8. The summed E-state index contributed by atoms with van der Waals surface area (Å²) in [6, 6.07) is 8.28. The topological polar surface area (TPSA) is 51.0 Å². The molecule has 0 radical (unpaired) electrons. The molecule has 0 N–H and O–H groups in total. The predicted molar refractivity (Wildman–Crippen MR) is 103 cm³/mol. The molecule has 2 atom stereocenters. The molecular weight excluding hydrogens is 324 g/mol. The Kier molecular flexibility index (Phi) is 4.23. The fourth-order valence-corrected chi connectivity index (χ4v) is 3.95. The molecular formula is C21H24N4O. The van der Waals surface area contributed by atoms with Gasteiger partial charge in [-0.05, 0) is 19.9 Å². The monoisotopic (exact) mass is 348 g/mol. The number of benzene rings is 1. The van der Waals surface area contributed by atoms with Gasteiger partial charge in [-0.1, -0.05) is 54.6 Å². The average molecular weight is 348 g/mol. The summed E-state index contributed by atoms with van der Waals surface area (Å²) in [6.45, 7) is 6.84. The lowest BCUT2D eigenvalue weighted by atomic mass is 9.82. The van der Waals surface area contributed by atoms with Crippen molar-refractivity contribution in [2.75, 3.05) is 11.4 Å². The van der Waals surface area contributed by atoms with Gasteiger partial charge in [-0.15, -0.1) is 5.10 Å². The lowest BCUT2D eigenvalue weighted by Gasteiger charge is -2.35. The van der Waals surface area contributed by atoms with Crippen LogP contribution in [-0.2, 0) is 4.79 Å². The van der Waals surface area contributed by atoms with E-state index in [-0.39, 0.29) is 23.8 Å². The van der Waals surface area contributed by atoms with E-state index in [1.807, 2.05) is 40.8 Å². The number of fused-ring (bicyclic) bond motifs is 5. The van der Waals surface area contributed by atoms with Crippen molar-refractivity contribution >= 4 is 11.6 Å². The van der Waals surface area contributed by atoms with E-state index >= 15 is 0 Å². The molecule has 2 aromatic rings. The van der Waals surface area contributed by atoms with Crippen LogP contribution >= 0.6 is 0 Å². The summed E-state index contributed by atoms with van der Waals surface area (Å²) in [4.78, 5) is 14.7. The first-order valence-corrected chi connectivity index (χ1v) is 9.31. The molecule has 1 aromatic heterocycles. The summed E-state index contributed by atoms with van der Waals surface area (Å²) in [6.07, 6.45) is 9.07. The molecule has 2 unspecified atom stereocenters. The van der Waals surface area contributed by atoms with Crippen molar-refractivity contribution in [1.29, 1.82) is 0 Å². The summed E-state index contributed by atoms with van der Waals surface area (Å²) < 4.78 is 2.03. The van der Waals surface area contributed by atoms with Crippen LogP contribution in [0.1, 0.15) is 44.8 Å². The molecule has 2 aliphatic rings. The second-order valence-electron chi connectivity index (χ2n) is 7.20. The molecule has 5 nitrogen and oxygen atoms in total. The van der Waals surface area contributed by atoms with Crippen LogP contribution in [0.25, 0.3) is 11.3 Å². The average Bonchev–Trinajstić information content (AvgIpc) is 3.09.